The van der Waals surface area contributed by atoms with Crippen LogP contribution in [0.1, 0.15) is 54.4 Å². The van der Waals surface area contributed by atoms with Crippen LogP contribution in [0.5, 0.6) is 0 Å². The zero-order valence-electron chi connectivity index (χ0n) is 10.3. The molecule has 1 aromatic rings. The highest BCUT2D eigenvalue weighted by molar-refractivity contribution is 5.96. The molecule has 0 aromatic heterocycles. The Hall–Kier alpha value is -1.18. The van der Waals surface area contributed by atoms with Crippen LogP contribution in [-0.2, 0) is 0 Å². The van der Waals surface area contributed by atoms with Gasteiger partial charge in [-0.15, -0.1) is 0 Å². The molecule has 0 amide bonds. The lowest BCUT2D eigenvalue weighted by Crippen LogP contribution is -2.13. The Kier molecular flexibility index (Phi) is 3.93. The molecule has 0 bridgehead atoms. The number of Topliss-reactive ketones (excluding diaryl/α,β-unsaturated/α-hetero) is 1. The van der Waals surface area contributed by atoms with Crippen molar-refractivity contribution in [3.8, 4) is 0 Å². The number of rotatable bonds is 3. The van der Waals surface area contributed by atoms with Gasteiger partial charge in [0, 0.05) is 6.42 Å². The highest BCUT2D eigenvalue weighted by atomic mass is 19.1. The zero-order chi connectivity index (χ0) is 12.3. The third-order valence-electron chi connectivity index (χ3n) is 3.62. The fourth-order valence-electron chi connectivity index (χ4n) is 2.62. The summed E-state index contributed by atoms with van der Waals surface area (Å²) in [5, 5.41) is 0. The van der Waals surface area contributed by atoms with Crippen molar-refractivity contribution in [2.45, 2.75) is 45.4 Å². The van der Waals surface area contributed by atoms with Gasteiger partial charge in [0.2, 0.25) is 0 Å². The van der Waals surface area contributed by atoms with Crippen LogP contribution in [0.25, 0.3) is 0 Å². The molecule has 1 aliphatic rings. The minimum Gasteiger partial charge on any atom is -0.294 e. The molecule has 1 aromatic carbocycles. The minimum absolute atomic E-state index is 0.0295. The first-order valence-corrected chi connectivity index (χ1v) is 6.46. The van der Waals surface area contributed by atoms with Crippen LogP contribution in [0.15, 0.2) is 18.2 Å². The molecular weight excluding hydrogens is 215 g/mol. The van der Waals surface area contributed by atoms with Gasteiger partial charge in [-0.05, 0) is 25.0 Å². The van der Waals surface area contributed by atoms with Crippen molar-refractivity contribution < 1.29 is 9.18 Å². The molecule has 0 atom stereocenters. The van der Waals surface area contributed by atoms with Crippen molar-refractivity contribution in [3.05, 3.63) is 35.1 Å². The maximum absolute atomic E-state index is 13.6. The van der Waals surface area contributed by atoms with E-state index in [-0.39, 0.29) is 17.2 Å². The summed E-state index contributed by atoms with van der Waals surface area (Å²) in [4.78, 5) is 12.0. The first kappa shape index (κ1) is 12.3. The standard InChI is InChI=1S/C15H19FO/c1-11-7-8-14(16)13(9-11)15(17)10-12-5-3-2-4-6-12/h7-9,12H,2-6,10H2,1H3. The molecule has 0 N–H and O–H groups in total. The topological polar surface area (TPSA) is 17.1 Å². The summed E-state index contributed by atoms with van der Waals surface area (Å²) in [6.45, 7) is 1.89. The minimum atomic E-state index is -0.378. The van der Waals surface area contributed by atoms with Crippen molar-refractivity contribution in [1.82, 2.24) is 0 Å². The molecule has 0 radical (unpaired) electrons. The van der Waals surface area contributed by atoms with E-state index in [4.69, 9.17) is 0 Å². The van der Waals surface area contributed by atoms with Gasteiger partial charge in [0.25, 0.3) is 0 Å². The van der Waals surface area contributed by atoms with Crippen LogP contribution in [0.4, 0.5) is 4.39 Å². The first-order valence-electron chi connectivity index (χ1n) is 6.46. The molecule has 1 fully saturated rings. The second kappa shape index (κ2) is 5.44. The maximum atomic E-state index is 13.6. The molecule has 0 unspecified atom stereocenters. The van der Waals surface area contributed by atoms with E-state index in [0.717, 1.165) is 18.4 Å². The van der Waals surface area contributed by atoms with E-state index < -0.39 is 0 Å². The van der Waals surface area contributed by atoms with Crippen LogP contribution in [0.3, 0.4) is 0 Å². The van der Waals surface area contributed by atoms with E-state index in [1.54, 1.807) is 12.1 Å². The lowest BCUT2D eigenvalue weighted by molar-refractivity contribution is 0.0946. The molecule has 2 rings (SSSR count). The summed E-state index contributed by atoms with van der Waals surface area (Å²) < 4.78 is 13.6. The molecule has 17 heavy (non-hydrogen) atoms. The van der Waals surface area contributed by atoms with Crippen molar-refractivity contribution in [1.29, 1.82) is 0 Å². The van der Waals surface area contributed by atoms with Gasteiger partial charge in [-0.1, -0.05) is 43.7 Å². The Balaban J connectivity index is 2.05. The van der Waals surface area contributed by atoms with Crippen LogP contribution in [0, 0.1) is 18.7 Å². The molecule has 1 aliphatic carbocycles. The van der Waals surface area contributed by atoms with Crippen LogP contribution >= 0.6 is 0 Å². The molecule has 0 heterocycles. The van der Waals surface area contributed by atoms with Gasteiger partial charge >= 0.3 is 0 Å². The summed E-state index contributed by atoms with van der Waals surface area (Å²) in [6, 6.07) is 4.76. The third-order valence-corrected chi connectivity index (χ3v) is 3.62. The SMILES string of the molecule is Cc1ccc(F)c(C(=O)CC2CCCCC2)c1. The Morgan fingerprint density at radius 2 is 2.00 bits per heavy atom. The van der Waals surface area contributed by atoms with E-state index >= 15 is 0 Å². The number of hydrogen-bond acceptors (Lipinski definition) is 1. The molecule has 1 saturated carbocycles. The van der Waals surface area contributed by atoms with E-state index in [2.05, 4.69) is 0 Å². The van der Waals surface area contributed by atoms with Crippen molar-refractivity contribution in [2.75, 3.05) is 0 Å². The zero-order valence-corrected chi connectivity index (χ0v) is 10.3. The first-order chi connectivity index (χ1) is 8.16. The summed E-state index contributed by atoms with van der Waals surface area (Å²) in [5.41, 5.74) is 1.22. The predicted octanol–water partition coefficient (Wildman–Crippen LogP) is 4.29. The number of halogens is 1. The van der Waals surface area contributed by atoms with Crippen LogP contribution in [-0.4, -0.2) is 5.78 Å². The van der Waals surface area contributed by atoms with Crippen LogP contribution < -0.4 is 0 Å². The van der Waals surface area contributed by atoms with Crippen molar-refractivity contribution in [3.63, 3.8) is 0 Å². The Morgan fingerprint density at radius 1 is 1.29 bits per heavy atom. The number of benzene rings is 1. The lowest BCUT2D eigenvalue weighted by atomic mass is 9.84. The highest BCUT2D eigenvalue weighted by Crippen LogP contribution is 2.28. The van der Waals surface area contributed by atoms with Crippen molar-refractivity contribution in [2.24, 2.45) is 5.92 Å². The maximum Gasteiger partial charge on any atom is 0.166 e. The molecule has 0 saturated heterocycles. The Bertz CT molecular complexity index is 405. The van der Waals surface area contributed by atoms with Crippen LogP contribution in [0.2, 0.25) is 0 Å². The molecular formula is C15H19FO. The second-order valence-corrected chi connectivity index (χ2v) is 5.11. The highest BCUT2D eigenvalue weighted by Gasteiger charge is 2.19. The Labute approximate surface area is 102 Å². The molecule has 0 aliphatic heterocycles. The average Bonchev–Trinajstić information content (AvgIpc) is 2.33. The number of carbonyl (C=O) groups excluding carboxylic acids is 1. The van der Waals surface area contributed by atoms with Gasteiger partial charge in [-0.3, -0.25) is 4.79 Å². The summed E-state index contributed by atoms with van der Waals surface area (Å²) >= 11 is 0. The Morgan fingerprint density at radius 3 is 2.71 bits per heavy atom. The van der Waals surface area contributed by atoms with E-state index in [9.17, 15) is 9.18 Å². The number of carbonyl (C=O) groups is 1. The van der Waals surface area contributed by atoms with Gasteiger partial charge in [0.15, 0.2) is 5.78 Å². The summed E-state index contributed by atoms with van der Waals surface area (Å²) in [7, 11) is 0. The van der Waals surface area contributed by atoms with E-state index in [0.29, 0.717) is 12.3 Å². The summed E-state index contributed by atoms with van der Waals surface area (Å²) in [6.07, 6.45) is 6.48. The summed E-state index contributed by atoms with van der Waals surface area (Å²) in [5.74, 6) is 0.0608. The largest absolute Gasteiger partial charge is 0.294 e. The van der Waals surface area contributed by atoms with Gasteiger partial charge < -0.3 is 0 Å². The number of hydrogen-bond donors (Lipinski definition) is 0. The van der Waals surface area contributed by atoms with Gasteiger partial charge in [-0.25, -0.2) is 4.39 Å². The quantitative estimate of drug-likeness (QED) is 0.713. The monoisotopic (exact) mass is 234 g/mol. The number of aryl methyl sites for hydroxylation is 1. The normalized spacial score (nSPS) is 17.1. The van der Waals surface area contributed by atoms with Crippen molar-refractivity contribution >= 4 is 5.78 Å². The van der Waals surface area contributed by atoms with Gasteiger partial charge in [0.1, 0.15) is 5.82 Å². The predicted molar refractivity (Wildman–Crippen MR) is 66.7 cm³/mol. The average molecular weight is 234 g/mol. The molecule has 1 nitrogen and oxygen atoms in total. The van der Waals surface area contributed by atoms with E-state index in [1.165, 1.54) is 25.3 Å². The fourth-order valence-corrected chi connectivity index (χ4v) is 2.62. The lowest BCUT2D eigenvalue weighted by Gasteiger charge is -2.20. The second-order valence-electron chi connectivity index (χ2n) is 5.11. The van der Waals surface area contributed by atoms with Gasteiger partial charge in [-0.2, -0.15) is 0 Å². The smallest absolute Gasteiger partial charge is 0.166 e. The van der Waals surface area contributed by atoms with Gasteiger partial charge in [0.05, 0.1) is 5.56 Å². The molecule has 92 valence electrons. The molecule has 0 spiro atoms. The fraction of sp³-hybridized carbons (Fsp3) is 0.533. The third kappa shape index (κ3) is 3.15. The molecule has 2 heteroatoms. The number of ketones is 1. The van der Waals surface area contributed by atoms with E-state index in [1.807, 2.05) is 6.92 Å².